The molecule has 2 aliphatic heterocycles. The average molecular weight is 676 g/mol. The molecule has 0 saturated carbocycles. The summed E-state index contributed by atoms with van der Waals surface area (Å²) >= 11 is 2.43. The van der Waals surface area contributed by atoms with E-state index in [2.05, 4.69) is 19.9 Å². The van der Waals surface area contributed by atoms with Crippen LogP contribution in [0.2, 0.25) is 0 Å². The number of hydrogen-bond donors (Lipinski definition) is 3. The number of nitrogens with zero attached hydrogens (tertiary/aromatic N) is 6. The van der Waals surface area contributed by atoms with Crippen molar-refractivity contribution in [1.82, 2.24) is 24.8 Å². The van der Waals surface area contributed by atoms with Crippen LogP contribution in [0.15, 0.2) is 41.9 Å². The summed E-state index contributed by atoms with van der Waals surface area (Å²) in [4.78, 5) is 69.9. The highest BCUT2D eigenvalue weighted by Gasteiger charge is 2.32. The summed E-state index contributed by atoms with van der Waals surface area (Å²) in [6.07, 6.45) is 3.08. The zero-order valence-electron chi connectivity index (χ0n) is 25.5. The second-order valence-corrected chi connectivity index (χ2v) is 13.1. The van der Waals surface area contributed by atoms with E-state index in [9.17, 15) is 19.2 Å². The van der Waals surface area contributed by atoms with E-state index in [4.69, 9.17) is 21.9 Å². The van der Waals surface area contributed by atoms with Crippen LogP contribution in [0.5, 0.6) is 5.75 Å². The SMILES string of the molecule is COc1c(-c2nc(C(N)=O)cs2)cc(C(N)=O)cc1-c1sc(C2CCN(C(=O)N3CCN(c4ccccn4)CC3)CC2)nc1C(N)=O. The molecule has 2 saturated heterocycles. The molecule has 0 unspecified atom stereocenters. The highest BCUT2D eigenvalue weighted by Crippen LogP contribution is 2.46. The summed E-state index contributed by atoms with van der Waals surface area (Å²) in [7, 11) is 1.45. The number of rotatable bonds is 8. The largest absolute Gasteiger partial charge is 0.495 e. The number of hydrogen-bond acceptors (Lipinski definition) is 11. The Labute approximate surface area is 278 Å². The van der Waals surface area contributed by atoms with E-state index in [1.807, 2.05) is 28.0 Å². The summed E-state index contributed by atoms with van der Waals surface area (Å²) in [6, 6.07) is 8.88. The van der Waals surface area contributed by atoms with Crippen LogP contribution in [0.1, 0.15) is 55.1 Å². The molecule has 1 aromatic carbocycles. The van der Waals surface area contributed by atoms with Crippen molar-refractivity contribution in [2.45, 2.75) is 18.8 Å². The monoisotopic (exact) mass is 675 g/mol. The van der Waals surface area contributed by atoms with Gasteiger partial charge in [-0.1, -0.05) is 6.07 Å². The van der Waals surface area contributed by atoms with Crippen LogP contribution in [-0.2, 0) is 0 Å². The molecule has 6 N–H and O–H groups in total. The third-order valence-electron chi connectivity index (χ3n) is 8.32. The van der Waals surface area contributed by atoms with Gasteiger partial charge < -0.3 is 36.6 Å². The number of anilines is 1. The standard InChI is InChI=1S/C31H33N9O5S2/c1-45-24-19(14-18(26(32)41)15-20(24)30-36-21(16-46-30)27(33)42)25-23(28(34)43)37-29(47-25)17-5-8-39(9-6-17)31(44)40-12-10-38(11-13-40)22-4-2-3-7-35-22/h2-4,7,14-17H,5-6,8-13H2,1H3,(H2,32,41)(H2,33,42)(H2,34,43). The van der Waals surface area contributed by atoms with Gasteiger partial charge in [0.1, 0.15) is 28.0 Å². The molecule has 2 fully saturated rings. The smallest absolute Gasteiger partial charge is 0.320 e. The van der Waals surface area contributed by atoms with Crippen LogP contribution in [0, 0.1) is 0 Å². The first-order valence-corrected chi connectivity index (χ1v) is 16.6. The van der Waals surface area contributed by atoms with Gasteiger partial charge in [0, 0.05) is 67.9 Å². The van der Waals surface area contributed by atoms with Gasteiger partial charge in [-0.05, 0) is 37.1 Å². The fourth-order valence-corrected chi connectivity index (χ4v) is 7.95. The number of carbonyl (C=O) groups is 4. The first-order valence-electron chi connectivity index (χ1n) is 14.9. The summed E-state index contributed by atoms with van der Waals surface area (Å²) in [5, 5.41) is 2.58. The second-order valence-electron chi connectivity index (χ2n) is 11.2. The summed E-state index contributed by atoms with van der Waals surface area (Å²) in [5.41, 5.74) is 17.9. The van der Waals surface area contributed by atoms with Crippen molar-refractivity contribution >= 4 is 52.2 Å². The van der Waals surface area contributed by atoms with Gasteiger partial charge in [-0.25, -0.2) is 19.7 Å². The topological polar surface area (TPSA) is 204 Å². The Hall–Kier alpha value is -5.09. The molecule has 2 aliphatic rings. The Morgan fingerprint density at radius 1 is 0.872 bits per heavy atom. The van der Waals surface area contributed by atoms with Gasteiger partial charge in [-0.3, -0.25) is 14.4 Å². The number of aromatic nitrogens is 3. The van der Waals surface area contributed by atoms with E-state index in [-0.39, 0.29) is 28.9 Å². The molecule has 0 atom stereocenters. The van der Waals surface area contributed by atoms with Crippen LogP contribution < -0.4 is 26.8 Å². The van der Waals surface area contributed by atoms with Gasteiger partial charge >= 0.3 is 6.03 Å². The van der Waals surface area contributed by atoms with Crippen LogP contribution in [0.3, 0.4) is 0 Å². The maximum Gasteiger partial charge on any atom is 0.320 e. The molecule has 0 spiro atoms. The minimum absolute atomic E-state index is 0.0150. The zero-order chi connectivity index (χ0) is 33.2. The predicted octanol–water partition coefficient (Wildman–Crippen LogP) is 2.76. The summed E-state index contributed by atoms with van der Waals surface area (Å²) < 4.78 is 5.78. The number of likely N-dealkylation sites (tertiary alicyclic amines) is 1. The van der Waals surface area contributed by atoms with E-state index in [1.54, 1.807) is 6.20 Å². The van der Waals surface area contributed by atoms with Crippen molar-refractivity contribution < 1.29 is 23.9 Å². The lowest BCUT2D eigenvalue weighted by Crippen LogP contribution is -2.54. The number of ether oxygens (including phenoxy) is 1. The Balaban J connectivity index is 1.22. The third kappa shape index (κ3) is 6.46. The van der Waals surface area contributed by atoms with Gasteiger partial charge in [0.15, 0.2) is 0 Å². The minimum atomic E-state index is -0.738. The Morgan fingerprint density at radius 2 is 1.57 bits per heavy atom. The molecule has 47 heavy (non-hydrogen) atoms. The first-order chi connectivity index (χ1) is 22.6. The number of amides is 5. The van der Waals surface area contributed by atoms with Crippen LogP contribution in [0.4, 0.5) is 10.6 Å². The maximum absolute atomic E-state index is 13.4. The van der Waals surface area contributed by atoms with Gasteiger partial charge in [0.25, 0.3) is 11.8 Å². The normalized spacial score (nSPS) is 15.5. The average Bonchev–Trinajstić information content (AvgIpc) is 3.77. The van der Waals surface area contributed by atoms with E-state index in [0.717, 1.165) is 17.2 Å². The van der Waals surface area contributed by atoms with Gasteiger partial charge in [0.2, 0.25) is 5.91 Å². The number of methoxy groups -OCH3 is 1. The fraction of sp³-hybridized carbons (Fsp3) is 0.323. The molecule has 0 radical (unpaired) electrons. The van der Waals surface area contributed by atoms with Crippen molar-refractivity contribution in [1.29, 1.82) is 0 Å². The lowest BCUT2D eigenvalue weighted by atomic mass is 9.97. The number of carbonyl (C=O) groups excluding carboxylic acids is 4. The molecular weight excluding hydrogens is 643 g/mol. The molecule has 16 heteroatoms. The molecule has 5 heterocycles. The van der Waals surface area contributed by atoms with Gasteiger partial charge in [-0.15, -0.1) is 22.7 Å². The molecule has 5 amide bonds. The van der Waals surface area contributed by atoms with Gasteiger partial charge in [0.05, 0.1) is 22.6 Å². The number of piperazine rings is 1. The van der Waals surface area contributed by atoms with Gasteiger partial charge in [-0.2, -0.15) is 0 Å². The number of thiazole rings is 2. The first kappa shape index (κ1) is 31.9. The molecule has 4 aromatic rings. The minimum Gasteiger partial charge on any atom is -0.495 e. The summed E-state index contributed by atoms with van der Waals surface area (Å²) in [6.45, 7) is 3.75. The van der Waals surface area contributed by atoms with Crippen molar-refractivity contribution in [3.05, 3.63) is 63.9 Å². The number of primary amides is 3. The predicted molar refractivity (Wildman–Crippen MR) is 178 cm³/mol. The van der Waals surface area contributed by atoms with E-state index >= 15 is 0 Å². The lowest BCUT2D eigenvalue weighted by Gasteiger charge is -2.39. The number of nitrogens with two attached hydrogens (primary N) is 3. The molecule has 244 valence electrons. The van der Waals surface area contributed by atoms with E-state index in [0.29, 0.717) is 83.9 Å². The summed E-state index contributed by atoms with van der Waals surface area (Å²) in [5.74, 6) is -0.938. The zero-order valence-corrected chi connectivity index (χ0v) is 27.2. The van der Waals surface area contributed by atoms with E-state index < -0.39 is 17.7 Å². The molecule has 6 rings (SSSR count). The quantitative estimate of drug-likeness (QED) is 0.251. The van der Waals surface area contributed by atoms with E-state index in [1.165, 1.54) is 36.0 Å². The van der Waals surface area contributed by atoms with Crippen molar-refractivity contribution in [3.63, 3.8) is 0 Å². The fourth-order valence-electron chi connectivity index (χ4n) is 5.88. The Morgan fingerprint density at radius 3 is 2.17 bits per heavy atom. The van der Waals surface area contributed by atoms with Crippen LogP contribution in [-0.4, -0.2) is 94.9 Å². The molecule has 3 aromatic heterocycles. The number of urea groups is 1. The third-order valence-corrected chi connectivity index (χ3v) is 10.5. The molecule has 14 nitrogen and oxygen atoms in total. The Bertz CT molecular complexity index is 1830. The molecule has 0 bridgehead atoms. The van der Waals surface area contributed by atoms with Crippen LogP contribution in [0.25, 0.3) is 21.0 Å². The van der Waals surface area contributed by atoms with Crippen molar-refractivity contribution in [2.24, 2.45) is 17.2 Å². The molecular formula is C31H33N9O5S2. The Kier molecular flexibility index (Phi) is 9.04. The van der Waals surface area contributed by atoms with Crippen molar-refractivity contribution in [2.75, 3.05) is 51.3 Å². The number of pyridine rings is 1. The highest BCUT2D eigenvalue weighted by atomic mass is 32.1. The molecule has 0 aliphatic carbocycles. The number of benzene rings is 1. The highest BCUT2D eigenvalue weighted by molar-refractivity contribution is 7.15. The van der Waals surface area contributed by atoms with Crippen molar-refractivity contribution in [3.8, 4) is 26.8 Å². The number of piperidine rings is 1. The second kappa shape index (κ2) is 13.3. The lowest BCUT2D eigenvalue weighted by molar-refractivity contribution is 0.0988. The maximum atomic E-state index is 13.4. The van der Waals surface area contributed by atoms with Crippen LogP contribution >= 0.6 is 22.7 Å².